The van der Waals surface area contributed by atoms with Crippen LogP contribution in [0.15, 0.2) is 32.7 Å². The van der Waals surface area contributed by atoms with Crippen molar-refractivity contribution in [1.29, 1.82) is 0 Å². The number of hydrogen-bond donors (Lipinski definition) is 2. The molecule has 1 fully saturated rings. The topological polar surface area (TPSA) is 80.0 Å². The molecule has 0 unspecified atom stereocenters. The van der Waals surface area contributed by atoms with Crippen LogP contribution in [0.3, 0.4) is 0 Å². The first-order chi connectivity index (χ1) is 10.0. The van der Waals surface area contributed by atoms with Crippen molar-refractivity contribution in [2.75, 3.05) is 4.90 Å². The Balaban J connectivity index is 2.16. The van der Waals surface area contributed by atoms with E-state index < -0.39 is 0 Å². The van der Waals surface area contributed by atoms with Gasteiger partial charge in [0, 0.05) is 4.47 Å². The second-order valence-corrected chi connectivity index (χ2v) is 6.58. The molecule has 1 aliphatic carbocycles. The highest BCUT2D eigenvalue weighted by molar-refractivity contribution is 9.10. The molecule has 21 heavy (non-hydrogen) atoms. The number of aliphatic imine (C=N–C) groups is 2. The monoisotopic (exact) mass is 349 g/mol. The fraction of sp³-hybridized carbons (Fsp3) is 0.467. The van der Waals surface area contributed by atoms with Gasteiger partial charge < -0.3 is 11.5 Å². The summed E-state index contributed by atoms with van der Waals surface area (Å²) in [5.41, 5.74) is 13.9. The van der Waals surface area contributed by atoms with Crippen molar-refractivity contribution >= 4 is 33.5 Å². The van der Waals surface area contributed by atoms with Crippen LogP contribution in [0, 0.1) is 6.92 Å². The lowest BCUT2D eigenvalue weighted by Gasteiger charge is -2.46. The Bertz CT molecular complexity index is 596. The predicted molar refractivity (Wildman–Crippen MR) is 90.4 cm³/mol. The van der Waals surface area contributed by atoms with E-state index >= 15 is 0 Å². The molecule has 0 radical (unpaired) electrons. The first-order valence-corrected chi connectivity index (χ1v) is 8.08. The Kier molecular flexibility index (Phi) is 3.65. The number of nitrogens with zero attached hydrogens (tertiary/aromatic N) is 3. The van der Waals surface area contributed by atoms with Crippen LogP contribution >= 0.6 is 15.9 Å². The summed E-state index contributed by atoms with van der Waals surface area (Å²) in [6.07, 6.45) is 5.39. The molecule has 0 bridgehead atoms. The summed E-state index contributed by atoms with van der Waals surface area (Å²) in [7, 11) is 0. The Morgan fingerprint density at radius 2 is 1.90 bits per heavy atom. The number of anilines is 1. The lowest BCUT2D eigenvalue weighted by molar-refractivity contribution is 0.305. The molecule has 1 heterocycles. The Hall–Kier alpha value is -1.56. The Morgan fingerprint density at radius 3 is 2.57 bits per heavy atom. The maximum absolute atomic E-state index is 6.24. The molecule has 0 aromatic heterocycles. The van der Waals surface area contributed by atoms with Gasteiger partial charge in [0.25, 0.3) is 0 Å². The van der Waals surface area contributed by atoms with Crippen LogP contribution in [0.4, 0.5) is 5.69 Å². The first kappa shape index (κ1) is 14.4. The molecule has 1 aliphatic heterocycles. The van der Waals surface area contributed by atoms with Crippen molar-refractivity contribution in [3.63, 3.8) is 0 Å². The van der Waals surface area contributed by atoms with E-state index in [2.05, 4.69) is 38.8 Å². The third-order valence-corrected chi connectivity index (χ3v) is 4.90. The molecular weight excluding hydrogens is 330 g/mol. The maximum Gasteiger partial charge on any atom is 0.220 e. The summed E-state index contributed by atoms with van der Waals surface area (Å²) < 4.78 is 1.00. The third kappa shape index (κ3) is 2.41. The van der Waals surface area contributed by atoms with E-state index in [1.165, 1.54) is 6.42 Å². The van der Waals surface area contributed by atoms with E-state index in [9.17, 15) is 0 Å². The zero-order valence-corrected chi connectivity index (χ0v) is 13.7. The van der Waals surface area contributed by atoms with Crippen molar-refractivity contribution in [2.45, 2.75) is 44.7 Å². The lowest BCUT2D eigenvalue weighted by Crippen LogP contribution is -2.58. The summed E-state index contributed by atoms with van der Waals surface area (Å²) in [6, 6.07) is 6.12. The SMILES string of the molecule is Cc1cccc(Br)c1N1C(N)=NC(N)=NC12CCCCC2. The summed E-state index contributed by atoms with van der Waals surface area (Å²) in [5.74, 6) is 0.717. The molecule has 112 valence electrons. The van der Waals surface area contributed by atoms with Crippen LogP contribution in [0.5, 0.6) is 0 Å². The fourth-order valence-electron chi connectivity index (χ4n) is 3.35. The number of aryl methyl sites for hydroxylation is 1. The van der Waals surface area contributed by atoms with E-state index in [1.807, 2.05) is 12.1 Å². The zero-order valence-electron chi connectivity index (χ0n) is 12.1. The molecule has 1 spiro atoms. The van der Waals surface area contributed by atoms with E-state index in [-0.39, 0.29) is 11.6 Å². The minimum Gasteiger partial charge on any atom is -0.369 e. The van der Waals surface area contributed by atoms with Crippen LogP contribution < -0.4 is 16.4 Å². The third-order valence-electron chi connectivity index (χ3n) is 4.26. The quantitative estimate of drug-likeness (QED) is 0.817. The second kappa shape index (κ2) is 5.33. The largest absolute Gasteiger partial charge is 0.369 e. The normalized spacial score (nSPS) is 21.1. The molecule has 3 rings (SSSR count). The van der Waals surface area contributed by atoms with Crippen molar-refractivity contribution < 1.29 is 0 Å². The van der Waals surface area contributed by atoms with Gasteiger partial charge in [-0.25, -0.2) is 4.99 Å². The molecule has 1 aromatic rings. The predicted octanol–water partition coefficient (Wildman–Crippen LogP) is 2.87. The molecule has 5 nitrogen and oxygen atoms in total. The van der Waals surface area contributed by atoms with Crippen molar-refractivity contribution in [3.05, 3.63) is 28.2 Å². The molecule has 0 saturated heterocycles. The van der Waals surface area contributed by atoms with Gasteiger partial charge in [0.05, 0.1) is 5.69 Å². The van der Waals surface area contributed by atoms with Crippen molar-refractivity contribution in [1.82, 2.24) is 0 Å². The highest BCUT2D eigenvalue weighted by Gasteiger charge is 2.43. The summed E-state index contributed by atoms with van der Waals surface area (Å²) in [6.45, 7) is 2.07. The number of rotatable bonds is 1. The van der Waals surface area contributed by atoms with E-state index in [1.54, 1.807) is 0 Å². The minimum atomic E-state index is -0.386. The van der Waals surface area contributed by atoms with Gasteiger partial charge in [0.15, 0.2) is 0 Å². The number of guanidine groups is 2. The van der Waals surface area contributed by atoms with Crippen molar-refractivity contribution in [2.24, 2.45) is 21.5 Å². The van der Waals surface area contributed by atoms with Crippen LogP contribution in [-0.4, -0.2) is 17.6 Å². The zero-order chi connectivity index (χ0) is 15.0. The molecule has 0 amide bonds. The van der Waals surface area contributed by atoms with Crippen molar-refractivity contribution in [3.8, 4) is 0 Å². The van der Waals surface area contributed by atoms with Gasteiger partial charge in [0.1, 0.15) is 5.66 Å². The van der Waals surface area contributed by atoms with Gasteiger partial charge in [-0.15, -0.1) is 0 Å². The molecule has 4 N–H and O–H groups in total. The molecule has 2 aliphatic rings. The smallest absolute Gasteiger partial charge is 0.220 e. The average molecular weight is 350 g/mol. The Labute approximate surface area is 133 Å². The first-order valence-electron chi connectivity index (χ1n) is 7.28. The second-order valence-electron chi connectivity index (χ2n) is 5.72. The van der Waals surface area contributed by atoms with Crippen LogP contribution in [0.2, 0.25) is 0 Å². The van der Waals surface area contributed by atoms with Gasteiger partial charge in [-0.1, -0.05) is 18.6 Å². The minimum absolute atomic E-state index is 0.287. The molecule has 1 aromatic carbocycles. The summed E-state index contributed by atoms with van der Waals surface area (Å²) in [4.78, 5) is 11.0. The van der Waals surface area contributed by atoms with Crippen LogP contribution in [-0.2, 0) is 0 Å². The van der Waals surface area contributed by atoms with Crippen LogP contribution in [0.1, 0.15) is 37.7 Å². The van der Waals surface area contributed by atoms with E-state index in [4.69, 9.17) is 16.5 Å². The molecule has 6 heteroatoms. The summed E-state index contributed by atoms with van der Waals surface area (Å²) in [5, 5.41) is 0. The molecule has 0 atom stereocenters. The summed E-state index contributed by atoms with van der Waals surface area (Å²) >= 11 is 3.64. The number of benzene rings is 1. The fourth-order valence-corrected chi connectivity index (χ4v) is 3.99. The maximum atomic E-state index is 6.24. The standard InChI is InChI=1S/C15H20BrN5/c1-10-6-5-7-11(16)12(10)21-14(18)19-13(17)20-15(21)8-3-2-4-9-15/h5-7H,2-4,8-9H2,1H3,(H4,17,18,19,20). The lowest BCUT2D eigenvalue weighted by atomic mass is 9.87. The highest BCUT2D eigenvalue weighted by atomic mass is 79.9. The molecule has 1 saturated carbocycles. The van der Waals surface area contributed by atoms with Gasteiger partial charge in [0.2, 0.25) is 11.9 Å². The molecular formula is C15H20BrN5. The number of nitrogens with two attached hydrogens (primary N) is 2. The van der Waals surface area contributed by atoms with Gasteiger partial charge in [-0.2, -0.15) is 4.99 Å². The number of hydrogen-bond acceptors (Lipinski definition) is 5. The Morgan fingerprint density at radius 1 is 1.19 bits per heavy atom. The van der Waals surface area contributed by atoms with E-state index in [0.717, 1.165) is 41.4 Å². The van der Waals surface area contributed by atoms with E-state index in [0.29, 0.717) is 5.96 Å². The van der Waals surface area contributed by atoms with Gasteiger partial charge >= 0.3 is 0 Å². The number of halogens is 1. The van der Waals surface area contributed by atoms with Crippen LogP contribution in [0.25, 0.3) is 0 Å². The average Bonchev–Trinajstić information content (AvgIpc) is 2.42. The van der Waals surface area contributed by atoms with Gasteiger partial charge in [-0.05, 0) is 60.2 Å². The van der Waals surface area contributed by atoms with Gasteiger partial charge in [-0.3, -0.25) is 4.90 Å². The highest BCUT2D eigenvalue weighted by Crippen LogP contribution is 2.42. The number of para-hydroxylation sites is 1.